The van der Waals surface area contributed by atoms with Crippen LogP contribution in [0.25, 0.3) is 0 Å². The largest absolute Gasteiger partial charge is 0.338 e. The number of amides is 2. The topological polar surface area (TPSA) is 41.1 Å². The molecule has 0 aliphatic heterocycles. The van der Waals surface area contributed by atoms with Gasteiger partial charge in [0.1, 0.15) is 0 Å². The molecule has 0 unspecified atom stereocenters. The van der Waals surface area contributed by atoms with Crippen LogP contribution in [0.3, 0.4) is 0 Å². The lowest BCUT2D eigenvalue weighted by molar-refractivity contribution is 0.244. The predicted octanol–water partition coefficient (Wildman–Crippen LogP) is 3.46. The summed E-state index contributed by atoms with van der Waals surface area (Å²) in [6, 6.07) is 7.85. The van der Waals surface area contributed by atoms with Gasteiger partial charge in [-0.3, -0.25) is 0 Å². The predicted molar refractivity (Wildman–Crippen MR) is 78.4 cm³/mol. The summed E-state index contributed by atoms with van der Waals surface area (Å²) in [4.78, 5) is 11.4. The Hall–Kier alpha value is -1.29. The van der Waals surface area contributed by atoms with Crippen LogP contribution in [0.5, 0.6) is 0 Å². The first-order valence-electron chi connectivity index (χ1n) is 6.04. The van der Waals surface area contributed by atoms with Crippen molar-refractivity contribution in [2.24, 2.45) is 5.92 Å². The molecule has 0 saturated carbocycles. The molecule has 0 aromatic heterocycles. The monoisotopic (exact) mass is 310 g/mol. The van der Waals surface area contributed by atoms with E-state index in [1.165, 1.54) is 5.56 Å². The SMILES string of the molecule is CC(C)/C=C/NC(=O)NCCc1ccccc1Br. The van der Waals surface area contributed by atoms with Crippen molar-refractivity contribution in [1.29, 1.82) is 0 Å². The molecular weight excluding hydrogens is 292 g/mol. The molecule has 0 radical (unpaired) electrons. The maximum atomic E-state index is 11.4. The van der Waals surface area contributed by atoms with Gasteiger partial charge < -0.3 is 10.6 Å². The average molecular weight is 311 g/mol. The van der Waals surface area contributed by atoms with E-state index >= 15 is 0 Å². The van der Waals surface area contributed by atoms with Gasteiger partial charge in [0.25, 0.3) is 0 Å². The molecule has 1 aromatic carbocycles. The first-order valence-corrected chi connectivity index (χ1v) is 6.83. The smallest absolute Gasteiger partial charge is 0.318 e. The Balaban J connectivity index is 2.26. The van der Waals surface area contributed by atoms with Gasteiger partial charge in [0.15, 0.2) is 0 Å². The summed E-state index contributed by atoms with van der Waals surface area (Å²) in [6.07, 6.45) is 4.43. The molecule has 0 aliphatic rings. The van der Waals surface area contributed by atoms with Crippen LogP contribution >= 0.6 is 15.9 Å². The second kappa shape index (κ2) is 7.93. The lowest BCUT2D eigenvalue weighted by Gasteiger charge is -2.06. The molecule has 0 spiro atoms. The highest BCUT2D eigenvalue weighted by Crippen LogP contribution is 2.15. The van der Waals surface area contributed by atoms with Gasteiger partial charge in [-0.2, -0.15) is 0 Å². The van der Waals surface area contributed by atoms with E-state index in [1.807, 2.05) is 30.3 Å². The fourth-order valence-electron chi connectivity index (χ4n) is 1.38. The van der Waals surface area contributed by atoms with Crippen molar-refractivity contribution < 1.29 is 4.79 Å². The van der Waals surface area contributed by atoms with Crippen molar-refractivity contribution in [3.05, 3.63) is 46.6 Å². The number of nitrogens with one attached hydrogen (secondary N) is 2. The van der Waals surface area contributed by atoms with E-state index in [-0.39, 0.29) is 6.03 Å². The minimum atomic E-state index is -0.168. The van der Waals surface area contributed by atoms with Crippen molar-refractivity contribution in [3.63, 3.8) is 0 Å². The van der Waals surface area contributed by atoms with E-state index in [4.69, 9.17) is 0 Å². The Bertz CT molecular complexity index is 416. The highest BCUT2D eigenvalue weighted by Gasteiger charge is 2.00. The van der Waals surface area contributed by atoms with Crippen LogP contribution in [0, 0.1) is 5.92 Å². The molecule has 98 valence electrons. The number of halogens is 1. The fourth-order valence-corrected chi connectivity index (χ4v) is 1.86. The molecule has 0 aliphatic carbocycles. The van der Waals surface area contributed by atoms with Crippen LogP contribution in [-0.2, 0) is 6.42 Å². The van der Waals surface area contributed by atoms with Gasteiger partial charge >= 0.3 is 6.03 Å². The van der Waals surface area contributed by atoms with E-state index in [1.54, 1.807) is 6.20 Å². The van der Waals surface area contributed by atoms with Crippen molar-refractivity contribution in [3.8, 4) is 0 Å². The van der Waals surface area contributed by atoms with Crippen LogP contribution in [0.1, 0.15) is 19.4 Å². The minimum Gasteiger partial charge on any atom is -0.338 e. The van der Waals surface area contributed by atoms with Gasteiger partial charge in [-0.15, -0.1) is 0 Å². The molecule has 0 bridgehead atoms. The first-order chi connectivity index (χ1) is 8.59. The van der Waals surface area contributed by atoms with E-state index < -0.39 is 0 Å². The summed E-state index contributed by atoms with van der Waals surface area (Å²) < 4.78 is 1.08. The number of carbonyl (C=O) groups is 1. The van der Waals surface area contributed by atoms with Crippen molar-refractivity contribution in [2.75, 3.05) is 6.54 Å². The number of rotatable bonds is 5. The average Bonchev–Trinajstić information content (AvgIpc) is 2.31. The first kappa shape index (κ1) is 14.8. The molecule has 4 heteroatoms. The summed E-state index contributed by atoms with van der Waals surface area (Å²) >= 11 is 3.48. The molecule has 3 nitrogen and oxygen atoms in total. The molecule has 0 fully saturated rings. The third-order valence-electron chi connectivity index (χ3n) is 2.33. The normalized spacial score (nSPS) is 10.9. The zero-order valence-corrected chi connectivity index (χ0v) is 12.3. The molecular formula is C14H19BrN2O. The molecule has 18 heavy (non-hydrogen) atoms. The van der Waals surface area contributed by atoms with Gasteiger partial charge in [0, 0.05) is 17.2 Å². The second-order valence-corrected chi connectivity index (χ2v) is 5.20. The van der Waals surface area contributed by atoms with Crippen molar-refractivity contribution in [1.82, 2.24) is 10.6 Å². The number of hydrogen-bond acceptors (Lipinski definition) is 1. The third kappa shape index (κ3) is 5.87. The third-order valence-corrected chi connectivity index (χ3v) is 3.11. The maximum absolute atomic E-state index is 11.4. The second-order valence-electron chi connectivity index (χ2n) is 4.34. The van der Waals surface area contributed by atoms with Crippen molar-refractivity contribution in [2.45, 2.75) is 20.3 Å². The van der Waals surface area contributed by atoms with Gasteiger partial charge in [-0.25, -0.2) is 4.79 Å². The summed E-state index contributed by atoms with van der Waals surface area (Å²) in [5.74, 6) is 0.436. The number of hydrogen-bond donors (Lipinski definition) is 2. The standard InChI is InChI=1S/C14H19BrN2O/c1-11(2)7-9-16-14(18)17-10-8-12-5-3-4-6-13(12)15/h3-7,9,11H,8,10H2,1-2H3,(H2,16,17,18)/b9-7+. The Morgan fingerprint density at radius 1 is 1.39 bits per heavy atom. The van der Waals surface area contributed by atoms with Crippen molar-refractivity contribution >= 4 is 22.0 Å². The Morgan fingerprint density at radius 3 is 2.78 bits per heavy atom. The van der Waals surface area contributed by atoms with Crippen LogP contribution in [-0.4, -0.2) is 12.6 Å². The summed E-state index contributed by atoms with van der Waals surface area (Å²) in [7, 11) is 0. The Kier molecular flexibility index (Phi) is 6.50. The summed E-state index contributed by atoms with van der Waals surface area (Å²) in [6.45, 7) is 4.73. The highest BCUT2D eigenvalue weighted by molar-refractivity contribution is 9.10. The van der Waals surface area contributed by atoms with Crippen LogP contribution in [0.15, 0.2) is 41.0 Å². The lowest BCUT2D eigenvalue weighted by Crippen LogP contribution is -2.33. The summed E-state index contributed by atoms with van der Waals surface area (Å²) in [5, 5.41) is 5.48. The number of urea groups is 1. The lowest BCUT2D eigenvalue weighted by atomic mass is 10.1. The van der Waals surface area contributed by atoms with Gasteiger partial charge in [-0.05, 0) is 24.0 Å². The van der Waals surface area contributed by atoms with Gasteiger partial charge in [0.05, 0.1) is 0 Å². The highest BCUT2D eigenvalue weighted by atomic mass is 79.9. The molecule has 1 aromatic rings. The number of allylic oxidation sites excluding steroid dienone is 1. The Labute approximate surface area is 117 Å². The molecule has 0 atom stereocenters. The fraction of sp³-hybridized carbons (Fsp3) is 0.357. The molecule has 1 rings (SSSR count). The van der Waals surface area contributed by atoms with Gasteiger partial charge in [0.2, 0.25) is 0 Å². The molecule has 0 saturated heterocycles. The molecule has 0 heterocycles. The summed E-state index contributed by atoms with van der Waals surface area (Å²) in [5.41, 5.74) is 1.19. The molecule has 2 N–H and O–H groups in total. The van der Waals surface area contributed by atoms with E-state index in [2.05, 4.69) is 40.4 Å². The van der Waals surface area contributed by atoms with E-state index in [0.717, 1.165) is 10.9 Å². The quantitative estimate of drug-likeness (QED) is 0.859. The van der Waals surface area contributed by atoms with E-state index in [0.29, 0.717) is 12.5 Å². The zero-order chi connectivity index (χ0) is 13.4. The molecule has 2 amide bonds. The zero-order valence-electron chi connectivity index (χ0n) is 10.7. The number of benzene rings is 1. The van der Waals surface area contributed by atoms with Gasteiger partial charge in [-0.1, -0.05) is 54.1 Å². The maximum Gasteiger partial charge on any atom is 0.318 e. The minimum absolute atomic E-state index is 0.168. The van der Waals surface area contributed by atoms with E-state index in [9.17, 15) is 4.79 Å². The van der Waals surface area contributed by atoms with Crippen LogP contribution in [0.4, 0.5) is 4.79 Å². The number of carbonyl (C=O) groups excluding carboxylic acids is 1. The Morgan fingerprint density at radius 2 is 2.11 bits per heavy atom. The van der Waals surface area contributed by atoms with Crippen LogP contribution < -0.4 is 10.6 Å². The van der Waals surface area contributed by atoms with Crippen LogP contribution in [0.2, 0.25) is 0 Å².